The van der Waals surface area contributed by atoms with Gasteiger partial charge in [-0.2, -0.15) is 5.26 Å². The van der Waals surface area contributed by atoms with Crippen molar-refractivity contribution in [3.05, 3.63) is 26.5 Å². The Labute approximate surface area is 89.4 Å². The monoisotopic (exact) mass is 282 g/mol. The summed E-state index contributed by atoms with van der Waals surface area (Å²) in [5.74, 6) is -0.779. The Morgan fingerprint density at radius 2 is 2.13 bits per heavy atom. The van der Waals surface area contributed by atoms with Crippen LogP contribution in [0.25, 0.3) is 0 Å². The van der Waals surface area contributed by atoms with E-state index in [0.717, 1.165) is 6.07 Å². The first kappa shape index (κ1) is 11.6. The number of aromatic amines is 1. The fourth-order valence-electron chi connectivity index (χ4n) is 0.790. The first-order valence-corrected chi connectivity index (χ1v) is 4.21. The van der Waals surface area contributed by atoms with Crippen molar-refractivity contribution in [1.29, 1.82) is 5.26 Å². The number of ether oxygens (including phenoxy) is 1. The van der Waals surface area contributed by atoms with E-state index in [0.29, 0.717) is 0 Å². The quantitative estimate of drug-likeness (QED) is 0.856. The molecule has 0 bridgehead atoms. The van der Waals surface area contributed by atoms with Gasteiger partial charge in [0.2, 0.25) is 5.88 Å². The van der Waals surface area contributed by atoms with Crippen LogP contribution in [0.15, 0.2) is 15.3 Å². The molecule has 0 aliphatic rings. The predicted octanol–water partition coefficient (Wildman–Crippen LogP) is 1.91. The number of nitrogens with zero attached hydrogens (tertiary/aromatic N) is 1. The van der Waals surface area contributed by atoms with Gasteiger partial charge in [0.25, 0.3) is 5.56 Å². The third-order valence-electron chi connectivity index (χ3n) is 1.30. The second kappa shape index (κ2) is 3.94. The lowest BCUT2D eigenvalue weighted by atomic mass is 10.3. The molecular formula is C7H2BrF3N2O2. The van der Waals surface area contributed by atoms with E-state index in [-0.39, 0.29) is 10.0 Å². The van der Waals surface area contributed by atoms with Gasteiger partial charge in [0, 0.05) is 10.5 Å². The summed E-state index contributed by atoms with van der Waals surface area (Å²) in [7, 11) is 0. The standard InChI is InChI=1S/C7H2BrF3N2O2/c8-4-1-5(15-7(9,10)11)13-6(14)3(4)2-12/h1H,(H,13,14). The molecule has 80 valence electrons. The van der Waals surface area contributed by atoms with Gasteiger partial charge in [0.15, 0.2) is 0 Å². The van der Waals surface area contributed by atoms with E-state index >= 15 is 0 Å². The molecule has 0 spiro atoms. The third-order valence-corrected chi connectivity index (χ3v) is 1.92. The summed E-state index contributed by atoms with van der Waals surface area (Å²) in [4.78, 5) is 12.8. The average molecular weight is 283 g/mol. The maximum absolute atomic E-state index is 11.8. The molecule has 0 fully saturated rings. The SMILES string of the molecule is N#Cc1c(Br)cc(OC(F)(F)F)[nH]c1=O. The van der Waals surface area contributed by atoms with Crippen LogP contribution >= 0.6 is 15.9 Å². The molecule has 0 saturated heterocycles. The summed E-state index contributed by atoms with van der Waals surface area (Å²) in [6.45, 7) is 0. The zero-order valence-corrected chi connectivity index (χ0v) is 8.44. The number of aromatic nitrogens is 1. The summed E-state index contributed by atoms with van der Waals surface area (Å²) >= 11 is 2.78. The van der Waals surface area contributed by atoms with Crippen LogP contribution in [0.2, 0.25) is 0 Å². The molecule has 0 radical (unpaired) electrons. The number of H-pyrrole nitrogens is 1. The molecule has 4 nitrogen and oxygen atoms in total. The van der Waals surface area contributed by atoms with Crippen molar-refractivity contribution < 1.29 is 17.9 Å². The van der Waals surface area contributed by atoms with Crippen molar-refractivity contribution >= 4 is 15.9 Å². The van der Waals surface area contributed by atoms with Gasteiger partial charge in [0.1, 0.15) is 11.6 Å². The third kappa shape index (κ3) is 2.99. The number of halogens is 4. The molecule has 1 aromatic rings. The summed E-state index contributed by atoms with van der Waals surface area (Å²) in [5.41, 5.74) is -1.27. The van der Waals surface area contributed by atoms with Crippen LogP contribution in [-0.4, -0.2) is 11.3 Å². The highest BCUT2D eigenvalue weighted by Gasteiger charge is 2.31. The molecule has 0 saturated carbocycles. The number of alkyl halides is 3. The van der Waals surface area contributed by atoms with E-state index in [9.17, 15) is 18.0 Å². The van der Waals surface area contributed by atoms with Crippen molar-refractivity contribution in [3.8, 4) is 11.9 Å². The van der Waals surface area contributed by atoms with Gasteiger partial charge in [-0.05, 0) is 15.9 Å². The topological polar surface area (TPSA) is 65.9 Å². The minimum Gasteiger partial charge on any atom is -0.390 e. The predicted molar refractivity (Wildman–Crippen MR) is 46.2 cm³/mol. The van der Waals surface area contributed by atoms with E-state index in [1.165, 1.54) is 6.07 Å². The minimum absolute atomic E-state index is 0.0620. The van der Waals surface area contributed by atoms with Crippen molar-refractivity contribution in [2.45, 2.75) is 6.36 Å². The summed E-state index contributed by atoms with van der Waals surface area (Å²) in [5, 5.41) is 8.46. The molecule has 0 unspecified atom stereocenters. The molecule has 0 aromatic carbocycles. The molecule has 1 rings (SSSR count). The number of nitriles is 1. The Bertz CT molecular complexity index is 475. The van der Waals surface area contributed by atoms with Crippen LogP contribution < -0.4 is 10.3 Å². The van der Waals surface area contributed by atoms with Crippen LogP contribution in [0, 0.1) is 11.3 Å². The van der Waals surface area contributed by atoms with Crippen molar-refractivity contribution in [3.63, 3.8) is 0 Å². The number of hydrogen-bond donors (Lipinski definition) is 1. The van der Waals surface area contributed by atoms with Crippen molar-refractivity contribution in [1.82, 2.24) is 4.98 Å². The van der Waals surface area contributed by atoms with E-state index in [2.05, 4.69) is 20.7 Å². The molecule has 0 amide bonds. The van der Waals surface area contributed by atoms with E-state index < -0.39 is 17.8 Å². The number of rotatable bonds is 1. The molecule has 0 aliphatic heterocycles. The number of hydrogen-bond acceptors (Lipinski definition) is 3. The number of nitrogens with one attached hydrogen (secondary N) is 1. The molecule has 8 heteroatoms. The van der Waals surface area contributed by atoms with Gasteiger partial charge in [-0.3, -0.25) is 9.78 Å². The molecule has 1 aromatic heterocycles. The van der Waals surface area contributed by atoms with E-state index in [4.69, 9.17) is 5.26 Å². The molecule has 15 heavy (non-hydrogen) atoms. The zero-order chi connectivity index (χ0) is 11.6. The second-order valence-corrected chi connectivity index (χ2v) is 3.20. The summed E-state index contributed by atoms with van der Waals surface area (Å²) in [6.07, 6.45) is -4.89. The Kier molecular flexibility index (Phi) is 3.04. The average Bonchev–Trinajstić information content (AvgIpc) is 1.99. The highest BCUT2D eigenvalue weighted by Crippen LogP contribution is 2.23. The number of pyridine rings is 1. The lowest BCUT2D eigenvalue weighted by Gasteiger charge is -2.08. The highest BCUT2D eigenvalue weighted by atomic mass is 79.9. The molecule has 1 N–H and O–H groups in total. The lowest BCUT2D eigenvalue weighted by molar-refractivity contribution is -0.276. The Balaban J connectivity index is 3.17. The van der Waals surface area contributed by atoms with Crippen molar-refractivity contribution in [2.75, 3.05) is 0 Å². The summed E-state index contributed by atoms with van der Waals surface area (Å²) < 4.78 is 38.7. The van der Waals surface area contributed by atoms with Crippen LogP contribution in [-0.2, 0) is 0 Å². The normalized spacial score (nSPS) is 10.9. The highest BCUT2D eigenvalue weighted by molar-refractivity contribution is 9.10. The van der Waals surface area contributed by atoms with Gasteiger partial charge in [-0.25, -0.2) is 0 Å². The maximum Gasteiger partial charge on any atom is 0.574 e. The Morgan fingerprint density at radius 3 is 2.53 bits per heavy atom. The summed E-state index contributed by atoms with van der Waals surface area (Å²) in [6, 6.07) is 2.38. The van der Waals surface area contributed by atoms with Crippen molar-refractivity contribution in [2.24, 2.45) is 0 Å². The van der Waals surface area contributed by atoms with E-state index in [1.54, 1.807) is 4.98 Å². The van der Waals surface area contributed by atoms with Gasteiger partial charge in [-0.15, -0.1) is 13.2 Å². The second-order valence-electron chi connectivity index (χ2n) is 2.35. The first-order chi connectivity index (χ1) is 6.83. The minimum atomic E-state index is -4.89. The molecule has 1 heterocycles. The van der Waals surface area contributed by atoms with Gasteiger partial charge in [0.05, 0.1) is 0 Å². The van der Waals surface area contributed by atoms with Gasteiger partial charge >= 0.3 is 6.36 Å². The van der Waals surface area contributed by atoms with E-state index in [1.807, 2.05) is 0 Å². The smallest absolute Gasteiger partial charge is 0.390 e. The largest absolute Gasteiger partial charge is 0.574 e. The fraction of sp³-hybridized carbons (Fsp3) is 0.143. The first-order valence-electron chi connectivity index (χ1n) is 3.42. The van der Waals surface area contributed by atoms with Crippen LogP contribution in [0.4, 0.5) is 13.2 Å². The van der Waals surface area contributed by atoms with Gasteiger partial charge < -0.3 is 4.74 Å². The van der Waals surface area contributed by atoms with Crippen LogP contribution in [0.5, 0.6) is 5.88 Å². The Morgan fingerprint density at radius 1 is 1.53 bits per heavy atom. The van der Waals surface area contributed by atoms with Gasteiger partial charge in [-0.1, -0.05) is 0 Å². The lowest BCUT2D eigenvalue weighted by Crippen LogP contribution is -2.21. The molecule has 0 aliphatic carbocycles. The molecule has 0 atom stereocenters. The maximum atomic E-state index is 11.8. The zero-order valence-electron chi connectivity index (χ0n) is 6.85. The van der Waals surface area contributed by atoms with Crippen LogP contribution in [0.3, 0.4) is 0 Å². The fourth-order valence-corrected chi connectivity index (χ4v) is 1.27. The Hall–Kier alpha value is -1.49. The van der Waals surface area contributed by atoms with Crippen LogP contribution in [0.1, 0.15) is 5.56 Å². The molecular weight excluding hydrogens is 281 g/mol.